The first-order chi connectivity index (χ1) is 8.37. The second-order valence-electron chi connectivity index (χ2n) is 3.29. The zero-order valence-electron chi connectivity index (χ0n) is 9.47. The van der Waals surface area contributed by atoms with Crippen molar-refractivity contribution in [1.82, 2.24) is 5.32 Å². The molecule has 1 aromatic rings. The summed E-state index contributed by atoms with van der Waals surface area (Å²) in [4.78, 5) is 10.5. The van der Waals surface area contributed by atoms with E-state index in [9.17, 15) is 18.0 Å². The molecule has 1 rings (SSSR count). The maximum absolute atomic E-state index is 12.0. The fourth-order valence-corrected chi connectivity index (χ4v) is 1.09. The molecule has 18 heavy (non-hydrogen) atoms. The highest BCUT2D eigenvalue weighted by molar-refractivity contribution is 5.73. The van der Waals surface area contributed by atoms with Crippen molar-refractivity contribution in [2.45, 2.75) is 13.3 Å². The van der Waals surface area contributed by atoms with Gasteiger partial charge in [0.05, 0.1) is 6.54 Å². The van der Waals surface area contributed by atoms with Crippen molar-refractivity contribution in [2.75, 3.05) is 6.54 Å². The van der Waals surface area contributed by atoms with Gasteiger partial charge in [-0.25, -0.2) is 0 Å². The molecule has 0 fully saturated rings. The lowest BCUT2D eigenvalue weighted by atomic mass is 10.2. The van der Waals surface area contributed by atoms with E-state index >= 15 is 0 Å². The number of carbonyl (C=O) groups excluding carboxylic acids is 1. The molecule has 0 atom stereocenters. The number of rotatable bonds is 2. The Morgan fingerprint density at radius 1 is 1.44 bits per heavy atom. The minimum atomic E-state index is -4.72. The molecule has 6 heteroatoms. The van der Waals surface area contributed by atoms with Crippen LogP contribution in [-0.2, 0) is 4.79 Å². The van der Waals surface area contributed by atoms with Crippen molar-refractivity contribution in [3.05, 3.63) is 29.8 Å². The van der Waals surface area contributed by atoms with E-state index in [4.69, 9.17) is 0 Å². The van der Waals surface area contributed by atoms with E-state index in [1.54, 1.807) is 6.07 Å². The second kappa shape index (κ2) is 5.96. The predicted molar refractivity (Wildman–Crippen MR) is 58.7 cm³/mol. The number of hydrogen-bond acceptors (Lipinski definition) is 2. The average molecular weight is 257 g/mol. The van der Waals surface area contributed by atoms with Crippen LogP contribution in [0.1, 0.15) is 12.5 Å². The molecule has 0 radical (unpaired) electrons. The van der Waals surface area contributed by atoms with Gasteiger partial charge in [-0.2, -0.15) is 0 Å². The summed E-state index contributed by atoms with van der Waals surface area (Å²) in [5, 5.41) is 2.44. The third kappa shape index (κ3) is 5.80. The van der Waals surface area contributed by atoms with Crippen molar-refractivity contribution in [2.24, 2.45) is 0 Å². The summed E-state index contributed by atoms with van der Waals surface area (Å²) in [6.07, 6.45) is -4.72. The van der Waals surface area contributed by atoms with Crippen LogP contribution in [-0.4, -0.2) is 18.8 Å². The fraction of sp³-hybridized carbons (Fsp3) is 0.250. The van der Waals surface area contributed by atoms with Crippen LogP contribution in [0.4, 0.5) is 13.2 Å². The number of nitrogens with one attached hydrogen (secondary N) is 1. The zero-order chi connectivity index (χ0) is 13.6. The Kier molecular flexibility index (Phi) is 4.60. The number of halogens is 3. The molecule has 0 aliphatic carbocycles. The van der Waals surface area contributed by atoms with E-state index in [1.165, 1.54) is 25.1 Å². The first-order valence-corrected chi connectivity index (χ1v) is 4.96. The van der Waals surface area contributed by atoms with Crippen LogP contribution >= 0.6 is 0 Å². The maximum Gasteiger partial charge on any atom is 0.573 e. The maximum atomic E-state index is 12.0. The number of ether oxygens (including phenoxy) is 1. The smallest absolute Gasteiger partial charge is 0.406 e. The van der Waals surface area contributed by atoms with Crippen molar-refractivity contribution in [1.29, 1.82) is 0 Å². The molecule has 1 amide bonds. The Morgan fingerprint density at radius 3 is 2.78 bits per heavy atom. The van der Waals surface area contributed by atoms with Crippen LogP contribution < -0.4 is 10.1 Å². The minimum Gasteiger partial charge on any atom is -0.406 e. The lowest BCUT2D eigenvalue weighted by Gasteiger charge is -2.08. The molecule has 1 N–H and O–H groups in total. The van der Waals surface area contributed by atoms with Gasteiger partial charge in [0.2, 0.25) is 5.91 Å². The summed E-state index contributed by atoms with van der Waals surface area (Å²) in [6, 6.07) is 5.31. The average Bonchev–Trinajstić information content (AvgIpc) is 2.22. The van der Waals surface area contributed by atoms with Crippen LogP contribution in [0.15, 0.2) is 24.3 Å². The van der Waals surface area contributed by atoms with Gasteiger partial charge in [0.1, 0.15) is 5.75 Å². The summed E-state index contributed by atoms with van der Waals surface area (Å²) >= 11 is 0. The van der Waals surface area contributed by atoms with Gasteiger partial charge in [-0.15, -0.1) is 13.2 Å². The Balaban J connectivity index is 2.67. The Bertz CT molecular complexity index is 486. The summed E-state index contributed by atoms with van der Waals surface area (Å²) in [7, 11) is 0. The normalized spacial score (nSPS) is 10.2. The van der Waals surface area contributed by atoms with Crippen LogP contribution in [0.25, 0.3) is 0 Å². The molecule has 0 spiro atoms. The van der Waals surface area contributed by atoms with E-state index in [0.29, 0.717) is 5.56 Å². The third-order valence-corrected chi connectivity index (χ3v) is 1.73. The van der Waals surface area contributed by atoms with Crippen molar-refractivity contribution < 1.29 is 22.7 Å². The molecule has 0 saturated carbocycles. The second-order valence-corrected chi connectivity index (χ2v) is 3.29. The van der Waals surface area contributed by atoms with E-state index in [1.807, 2.05) is 0 Å². The van der Waals surface area contributed by atoms with E-state index in [0.717, 1.165) is 0 Å². The van der Waals surface area contributed by atoms with Gasteiger partial charge < -0.3 is 10.1 Å². The lowest BCUT2D eigenvalue weighted by molar-refractivity contribution is -0.274. The van der Waals surface area contributed by atoms with Gasteiger partial charge in [0.15, 0.2) is 0 Å². The lowest BCUT2D eigenvalue weighted by Crippen LogP contribution is -2.19. The zero-order valence-corrected chi connectivity index (χ0v) is 9.47. The highest BCUT2D eigenvalue weighted by Crippen LogP contribution is 2.22. The number of hydrogen-bond donors (Lipinski definition) is 1. The minimum absolute atomic E-state index is 0.139. The third-order valence-electron chi connectivity index (χ3n) is 1.73. The van der Waals surface area contributed by atoms with Gasteiger partial charge in [-0.1, -0.05) is 17.9 Å². The number of alkyl halides is 3. The van der Waals surface area contributed by atoms with Crippen molar-refractivity contribution >= 4 is 5.91 Å². The van der Waals surface area contributed by atoms with Crippen LogP contribution in [0.5, 0.6) is 5.75 Å². The predicted octanol–water partition coefficient (Wildman–Crippen LogP) is 2.07. The van der Waals surface area contributed by atoms with Gasteiger partial charge in [-0.05, 0) is 18.2 Å². The molecule has 0 bridgehead atoms. The molecule has 0 aliphatic rings. The largest absolute Gasteiger partial charge is 0.573 e. The Labute approximate surface area is 102 Å². The monoisotopic (exact) mass is 257 g/mol. The van der Waals surface area contributed by atoms with Crippen LogP contribution in [0.2, 0.25) is 0 Å². The first kappa shape index (κ1) is 13.9. The first-order valence-electron chi connectivity index (χ1n) is 4.96. The summed E-state index contributed by atoms with van der Waals surface area (Å²) in [5.41, 5.74) is 0.377. The number of carbonyl (C=O) groups is 1. The highest BCUT2D eigenvalue weighted by Gasteiger charge is 2.30. The molecule has 0 aromatic heterocycles. The van der Waals surface area contributed by atoms with Crippen molar-refractivity contribution in [3.8, 4) is 17.6 Å². The topological polar surface area (TPSA) is 38.3 Å². The van der Waals surface area contributed by atoms with Gasteiger partial charge in [-0.3, -0.25) is 4.79 Å². The van der Waals surface area contributed by atoms with E-state index in [-0.39, 0.29) is 18.2 Å². The molecule has 96 valence electrons. The molecule has 0 heterocycles. The van der Waals surface area contributed by atoms with E-state index in [2.05, 4.69) is 21.9 Å². The highest BCUT2D eigenvalue weighted by atomic mass is 19.4. The molecule has 0 unspecified atom stereocenters. The summed E-state index contributed by atoms with van der Waals surface area (Å²) < 4.78 is 39.6. The molecule has 0 aliphatic heterocycles. The Hall–Kier alpha value is -2.16. The van der Waals surface area contributed by atoms with Gasteiger partial charge in [0, 0.05) is 12.5 Å². The van der Waals surface area contributed by atoms with Gasteiger partial charge >= 0.3 is 6.36 Å². The number of benzene rings is 1. The van der Waals surface area contributed by atoms with Crippen LogP contribution in [0.3, 0.4) is 0 Å². The molecule has 1 aromatic carbocycles. The molecular weight excluding hydrogens is 247 g/mol. The molecule has 0 saturated heterocycles. The Morgan fingerprint density at radius 2 is 2.17 bits per heavy atom. The molecular formula is C12H10F3NO2. The SMILES string of the molecule is CC(=O)NCC#Cc1cccc(OC(F)(F)F)c1. The summed E-state index contributed by atoms with van der Waals surface area (Å²) in [5.74, 6) is 4.67. The number of amides is 1. The standard InChI is InChI=1S/C12H10F3NO2/c1-9(17)16-7-3-5-10-4-2-6-11(8-10)18-12(13,14)15/h2,4,6,8H,7H2,1H3,(H,16,17). The van der Waals surface area contributed by atoms with Crippen LogP contribution in [0, 0.1) is 11.8 Å². The quantitative estimate of drug-likeness (QED) is 0.824. The van der Waals surface area contributed by atoms with Gasteiger partial charge in [0.25, 0.3) is 0 Å². The van der Waals surface area contributed by atoms with E-state index < -0.39 is 6.36 Å². The fourth-order valence-electron chi connectivity index (χ4n) is 1.09. The van der Waals surface area contributed by atoms with Crippen molar-refractivity contribution in [3.63, 3.8) is 0 Å². The molecule has 3 nitrogen and oxygen atoms in total. The summed E-state index contributed by atoms with van der Waals surface area (Å²) in [6.45, 7) is 1.49.